The highest BCUT2D eigenvalue weighted by molar-refractivity contribution is 7.88. The third-order valence-corrected chi connectivity index (χ3v) is 3.80. The molecule has 0 aromatic heterocycles. The minimum Gasteiger partial charge on any atom is -0.377 e. The first-order valence-corrected chi connectivity index (χ1v) is 7.70. The fourth-order valence-corrected chi connectivity index (χ4v) is 2.76. The lowest BCUT2D eigenvalue weighted by atomic mass is 10.2. The van der Waals surface area contributed by atoms with Gasteiger partial charge in [0.1, 0.15) is 0 Å². The predicted octanol–water partition coefficient (Wildman–Crippen LogP) is 1.40. The fraction of sp³-hybridized carbons (Fsp3) is 0.462. The molecule has 0 aliphatic heterocycles. The number of hydrogen-bond donors (Lipinski definition) is 1. The molecule has 104 valence electrons. The molecule has 1 unspecified atom stereocenters. The van der Waals surface area contributed by atoms with Crippen molar-refractivity contribution in [2.75, 3.05) is 13.2 Å². The Hall–Kier alpha value is -1.42. The third-order valence-electron chi connectivity index (χ3n) is 2.48. The number of nitrogens with one attached hydrogen (secondary N) is 1. The van der Waals surface area contributed by atoms with Crippen LogP contribution in [0.25, 0.3) is 0 Å². The molecule has 6 heteroatoms. The summed E-state index contributed by atoms with van der Waals surface area (Å²) in [5.41, 5.74) is 1.16. The van der Waals surface area contributed by atoms with Crippen LogP contribution in [0.1, 0.15) is 25.0 Å². The van der Waals surface area contributed by atoms with Crippen LogP contribution in [-0.4, -0.2) is 27.7 Å². The first kappa shape index (κ1) is 15.6. The number of benzene rings is 1. The summed E-state index contributed by atoms with van der Waals surface area (Å²) in [5.74, 6) is -0.0996. The predicted molar refractivity (Wildman–Crippen MR) is 72.9 cm³/mol. The van der Waals surface area contributed by atoms with E-state index in [1.54, 1.807) is 24.3 Å². The molecule has 0 amide bonds. The normalized spacial score (nSPS) is 12.9. The Morgan fingerprint density at radius 3 is 2.53 bits per heavy atom. The van der Waals surface area contributed by atoms with Crippen LogP contribution in [0.15, 0.2) is 24.3 Å². The first-order chi connectivity index (χ1) is 8.96. The Bertz CT molecular complexity index is 532. The quantitative estimate of drug-likeness (QED) is 0.820. The van der Waals surface area contributed by atoms with Gasteiger partial charge in [0.25, 0.3) is 0 Å². The van der Waals surface area contributed by atoms with Gasteiger partial charge in [-0.25, -0.2) is 13.1 Å². The van der Waals surface area contributed by atoms with Crippen LogP contribution in [0.5, 0.6) is 0 Å². The summed E-state index contributed by atoms with van der Waals surface area (Å²) < 4.78 is 31.4. The van der Waals surface area contributed by atoms with Crippen molar-refractivity contribution in [1.29, 1.82) is 5.26 Å². The lowest BCUT2D eigenvalue weighted by Gasteiger charge is -2.13. The van der Waals surface area contributed by atoms with Gasteiger partial charge in [0.2, 0.25) is 10.0 Å². The molecule has 0 saturated heterocycles. The summed E-state index contributed by atoms with van der Waals surface area (Å²) in [5, 5.41) is 8.66. The van der Waals surface area contributed by atoms with Crippen molar-refractivity contribution in [3.05, 3.63) is 35.4 Å². The van der Waals surface area contributed by atoms with E-state index in [4.69, 9.17) is 10.00 Å². The van der Waals surface area contributed by atoms with Gasteiger partial charge in [-0.3, -0.25) is 0 Å². The standard InChI is InChI=1S/C13H18N2O3S/c1-3-18-11(2)9-15-19(16,17)10-13-6-4-12(8-14)5-7-13/h4-7,11,15H,3,9-10H2,1-2H3. The zero-order valence-electron chi connectivity index (χ0n) is 11.1. The van der Waals surface area contributed by atoms with E-state index >= 15 is 0 Å². The molecule has 0 radical (unpaired) electrons. The van der Waals surface area contributed by atoms with Gasteiger partial charge in [-0.2, -0.15) is 5.26 Å². The highest BCUT2D eigenvalue weighted by Gasteiger charge is 2.13. The maximum absolute atomic E-state index is 11.8. The maximum atomic E-state index is 11.8. The Labute approximate surface area is 114 Å². The van der Waals surface area contributed by atoms with Gasteiger partial charge in [0, 0.05) is 13.2 Å². The second-order valence-corrected chi connectivity index (χ2v) is 5.99. The summed E-state index contributed by atoms with van der Waals surface area (Å²) >= 11 is 0. The molecule has 1 N–H and O–H groups in total. The molecule has 5 nitrogen and oxygen atoms in total. The number of hydrogen-bond acceptors (Lipinski definition) is 4. The van der Waals surface area contributed by atoms with Crippen molar-refractivity contribution in [3.8, 4) is 6.07 Å². The van der Waals surface area contributed by atoms with Crippen LogP contribution in [0, 0.1) is 11.3 Å². The highest BCUT2D eigenvalue weighted by Crippen LogP contribution is 2.07. The first-order valence-electron chi connectivity index (χ1n) is 6.05. The molecule has 0 saturated carbocycles. The summed E-state index contributed by atoms with van der Waals surface area (Å²) in [6, 6.07) is 8.48. The second kappa shape index (κ2) is 7.24. The van der Waals surface area contributed by atoms with Crippen LogP contribution in [-0.2, 0) is 20.5 Å². The van der Waals surface area contributed by atoms with Gasteiger partial charge in [-0.1, -0.05) is 12.1 Å². The zero-order valence-corrected chi connectivity index (χ0v) is 11.9. The third kappa shape index (κ3) is 5.83. The van der Waals surface area contributed by atoms with Crippen molar-refractivity contribution >= 4 is 10.0 Å². The van der Waals surface area contributed by atoms with Crippen molar-refractivity contribution in [2.45, 2.75) is 25.7 Å². The molecule has 0 aliphatic carbocycles. The van der Waals surface area contributed by atoms with Crippen LogP contribution in [0.2, 0.25) is 0 Å². The maximum Gasteiger partial charge on any atom is 0.215 e. The van der Waals surface area contributed by atoms with E-state index in [2.05, 4.69) is 4.72 Å². The van der Waals surface area contributed by atoms with E-state index in [1.807, 2.05) is 19.9 Å². The molecular weight excluding hydrogens is 264 g/mol. The number of ether oxygens (including phenoxy) is 1. The van der Waals surface area contributed by atoms with Gasteiger partial charge in [-0.15, -0.1) is 0 Å². The topological polar surface area (TPSA) is 79.2 Å². The van der Waals surface area contributed by atoms with Crippen molar-refractivity contribution in [3.63, 3.8) is 0 Å². The van der Waals surface area contributed by atoms with Crippen LogP contribution in [0.3, 0.4) is 0 Å². The zero-order chi connectivity index (χ0) is 14.3. The molecule has 1 atom stereocenters. The van der Waals surface area contributed by atoms with Gasteiger partial charge in [0.05, 0.1) is 23.5 Å². The second-order valence-electron chi connectivity index (χ2n) is 4.18. The summed E-state index contributed by atoms with van der Waals surface area (Å²) in [6.45, 7) is 4.49. The molecular formula is C13H18N2O3S. The number of sulfonamides is 1. The minimum atomic E-state index is -3.38. The average molecular weight is 282 g/mol. The van der Waals surface area contributed by atoms with Crippen LogP contribution < -0.4 is 4.72 Å². The van der Waals surface area contributed by atoms with E-state index in [0.717, 1.165) is 0 Å². The molecule has 19 heavy (non-hydrogen) atoms. The van der Waals surface area contributed by atoms with Crippen molar-refractivity contribution in [1.82, 2.24) is 4.72 Å². The van der Waals surface area contributed by atoms with E-state index in [1.165, 1.54) is 0 Å². The average Bonchev–Trinajstić information content (AvgIpc) is 2.37. The lowest BCUT2D eigenvalue weighted by molar-refractivity contribution is 0.0799. The lowest BCUT2D eigenvalue weighted by Crippen LogP contribution is -2.33. The van der Waals surface area contributed by atoms with Gasteiger partial charge in [0.15, 0.2) is 0 Å². The Morgan fingerprint density at radius 1 is 1.37 bits per heavy atom. The molecule has 1 aromatic carbocycles. The summed E-state index contributed by atoms with van der Waals surface area (Å²) in [7, 11) is -3.38. The van der Waals surface area contributed by atoms with E-state index < -0.39 is 10.0 Å². The molecule has 1 rings (SSSR count). The summed E-state index contributed by atoms with van der Waals surface area (Å²) in [6.07, 6.45) is -0.152. The Kier molecular flexibility index (Phi) is 5.96. The van der Waals surface area contributed by atoms with E-state index in [-0.39, 0.29) is 18.4 Å². The number of nitrogens with zero attached hydrogens (tertiary/aromatic N) is 1. The smallest absolute Gasteiger partial charge is 0.215 e. The summed E-state index contributed by atoms with van der Waals surface area (Å²) in [4.78, 5) is 0. The highest BCUT2D eigenvalue weighted by atomic mass is 32.2. The Morgan fingerprint density at radius 2 is 2.00 bits per heavy atom. The van der Waals surface area contributed by atoms with Crippen LogP contribution in [0.4, 0.5) is 0 Å². The fourth-order valence-electron chi connectivity index (χ4n) is 1.53. The van der Waals surface area contributed by atoms with Crippen molar-refractivity contribution in [2.24, 2.45) is 0 Å². The van der Waals surface area contributed by atoms with Crippen LogP contribution >= 0.6 is 0 Å². The molecule has 0 fully saturated rings. The Balaban J connectivity index is 2.56. The van der Waals surface area contributed by atoms with Gasteiger partial charge >= 0.3 is 0 Å². The molecule has 0 bridgehead atoms. The van der Waals surface area contributed by atoms with Gasteiger partial charge in [-0.05, 0) is 31.5 Å². The molecule has 0 spiro atoms. The molecule has 1 aromatic rings. The number of nitriles is 1. The van der Waals surface area contributed by atoms with E-state index in [9.17, 15) is 8.42 Å². The monoisotopic (exact) mass is 282 g/mol. The largest absolute Gasteiger partial charge is 0.377 e. The molecule has 0 aliphatic rings. The van der Waals surface area contributed by atoms with Crippen molar-refractivity contribution < 1.29 is 13.2 Å². The SMILES string of the molecule is CCOC(C)CNS(=O)(=O)Cc1ccc(C#N)cc1. The van der Waals surface area contributed by atoms with Gasteiger partial charge < -0.3 is 4.74 Å². The minimum absolute atomic E-state index is 0.0996. The molecule has 0 heterocycles. The number of rotatable bonds is 7. The van der Waals surface area contributed by atoms with E-state index in [0.29, 0.717) is 17.7 Å².